The van der Waals surface area contributed by atoms with E-state index in [0.717, 1.165) is 12.1 Å². The van der Waals surface area contributed by atoms with Crippen molar-refractivity contribution < 1.29 is 35.0 Å². The van der Waals surface area contributed by atoms with Gasteiger partial charge in [0.1, 0.15) is 17.3 Å². The van der Waals surface area contributed by atoms with Crippen molar-refractivity contribution in [3.8, 4) is 22.9 Å². The molecule has 2 aliphatic heterocycles. The molecule has 3 heterocycles. The van der Waals surface area contributed by atoms with Crippen LogP contribution in [0.5, 0.6) is 11.5 Å². The van der Waals surface area contributed by atoms with Crippen molar-refractivity contribution in [2.45, 2.75) is 75.0 Å². The highest BCUT2D eigenvalue weighted by molar-refractivity contribution is 5.63. The maximum atomic E-state index is 12.3. The molecule has 3 saturated carbocycles. The zero-order valence-electron chi connectivity index (χ0n) is 20.7. The first kappa shape index (κ1) is 23.0. The molecule has 0 amide bonds. The first-order chi connectivity index (χ1) is 17.0. The van der Waals surface area contributed by atoms with E-state index in [2.05, 4.69) is 18.8 Å². The number of aromatic amines is 1. The molecule has 1 aromatic heterocycles. The average molecular weight is 499 g/mol. The third-order valence-corrected chi connectivity index (χ3v) is 10.7. The van der Waals surface area contributed by atoms with Crippen molar-refractivity contribution in [3.05, 3.63) is 29.6 Å². The van der Waals surface area contributed by atoms with Crippen LogP contribution in [-0.4, -0.2) is 73.3 Å². The van der Waals surface area contributed by atoms with Gasteiger partial charge in [-0.2, -0.15) is 0 Å². The molecule has 9 heteroatoms. The molecule has 4 aliphatic carbocycles. The number of aromatic nitrogens is 2. The van der Waals surface area contributed by atoms with Crippen LogP contribution >= 0.6 is 0 Å². The molecule has 9 nitrogen and oxygen atoms in total. The van der Waals surface area contributed by atoms with Crippen LogP contribution < -0.4 is 4.74 Å². The van der Waals surface area contributed by atoms with Crippen LogP contribution in [0.15, 0.2) is 18.2 Å². The van der Waals surface area contributed by atoms with Gasteiger partial charge in [-0.3, -0.25) is 0 Å². The summed E-state index contributed by atoms with van der Waals surface area (Å²) in [5.74, 6) is -2.20. The van der Waals surface area contributed by atoms with Crippen LogP contribution in [0, 0.1) is 22.7 Å². The molecule has 6 N–H and O–H groups in total. The van der Waals surface area contributed by atoms with Gasteiger partial charge in [-0.05, 0) is 55.2 Å². The van der Waals surface area contributed by atoms with Gasteiger partial charge in [0.25, 0.3) is 0 Å². The van der Waals surface area contributed by atoms with E-state index in [0.29, 0.717) is 42.1 Å². The Kier molecular flexibility index (Phi) is 4.35. The maximum absolute atomic E-state index is 12.3. The van der Waals surface area contributed by atoms with Crippen molar-refractivity contribution in [3.63, 3.8) is 0 Å². The number of imidazole rings is 1. The van der Waals surface area contributed by atoms with E-state index < -0.39 is 34.9 Å². The van der Waals surface area contributed by atoms with E-state index in [-0.39, 0.29) is 35.5 Å². The summed E-state index contributed by atoms with van der Waals surface area (Å²) in [7, 11) is 1.48. The van der Waals surface area contributed by atoms with Crippen molar-refractivity contribution >= 4 is 0 Å². The summed E-state index contributed by atoms with van der Waals surface area (Å²) >= 11 is 0. The second-order valence-electron chi connectivity index (χ2n) is 12.3. The largest absolute Gasteiger partial charge is 0.504 e. The molecule has 194 valence electrons. The van der Waals surface area contributed by atoms with E-state index in [1.165, 1.54) is 13.2 Å². The Morgan fingerprint density at radius 2 is 1.89 bits per heavy atom. The predicted molar refractivity (Wildman–Crippen MR) is 127 cm³/mol. The molecule has 5 fully saturated rings. The van der Waals surface area contributed by atoms with Gasteiger partial charge in [0.15, 0.2) is 11.5 Å². The molecule has 4 bridgehead atoms. The lowest BCUT2D eigenvalue weighted by Crippen LogP contribution is -2.86. The summed E-state index contributed by atoms with van der Waals surface area (Å²) in [4.78, 5) is 8.32. The van der Waals surface area contributed by atoms with Gasteiger partial charge in [-0.15, -0.1) is 0 Å². The molecule has 2 aromatic rings. The number of phenols is 1. The van der Waals surface area contributed by atoms with Crippen LogP contribution in [-0.2, 0) is 10.2 Å². The number of nitrogens with zero attached hydrogens (tertiary/aromatic N) is 1. The maximum Gasteiger partial charge on any atom is 0.206 e. The normalized spacial score (nSPS) is 45.6. The summed E-state index contributed by atoms with van der Waals surface area (Å²) in [6, 6.07) is 4.94. The van der Waals surface area contributed by atoms with Gasteiger partial charge in [-0.1, -0.05) is 13.8 Å². The number of fused-ring (bicyclic) bond motifs is 4. The van der Waals surface area contributed by atoms with Gasteiger partial charge >= 0.3 is 0 Å². The van der Waals surface area contributed by atoms with E-state index >= 15 is 0 Å². The van der Waals surface area contributed by atoms with Gasteiger partial charge < -0.3 is 40.0 Å². The molecule has 9 atom stereocenters. The Balaban J connectivity index is 1.46. The third-order valence-electron chi connectivity index (χ3n) is 10.7. The summed E-state index contributed by atoms with van der Waals surface area (Å²) in [5.41, 5.74) is -0.561. The van der Waals surface area contributed by atoms with E-state index in [1.807, 2.05) is 0 Å². The van der Waals surface area contributed by atoms with Crippen molar-refractivity contribution in [2.24, 2.45) is 22.7 Å². The molecule has 1 aromatic carbocycles. The molecule has 0 radical (unpaired) electrons. The molecular weight excluding hydrogens is 464 g/mol. The number of ether oxygens (including phenoxy) is 2. The fourth-order valence-electron chi connectivity index (χ4n) is 9.35. The quantitative estimate of drug-likeness (QED) is 0.367. The van der Waals surface area contributed by atoms with Crippen molar-refractivity contribution in [1.29, 1.82) is 0 Å². The van der Waals surface area contributed by atoms with Crippen molar-refractivity contribution in [1.82, 2.24) is 9.97 Å². The zero-order chi connectivity index (χ0) is 25.4. The number of phenolic OH excluding ortho intramolecular Hbond substituents is 1. The minimum absolute atomic E-state index is 0.0146. The lowest BCUT2D eigenvalue weighted by Gasteiger charge is -2.75. The number of aliphatic hydroxyl groups excluding tert-OH is 3. The summed E-state index contributed by atoms with van der Waals surface area (Å²) in [6.45, 7) is 4.33. The minimum atomic E-state index is -2.04. The SMILES string of the molecule is COc1cc(-c2nc3c([nH]2)[C@@H]2CCC4C3([C@@H]2O)[C@@]2(O)OC[C@@]43C([C@@H]2O)C(C)(C)CC[C@@H]3O)ccc1O. The topological polar surface area (TPSA) is 148 Å². The second kappa shape index (κ2) is 6.82. The second-order valence-corrected chi connectivity index (χ2v) is 12.3. The van der Waals surface area contributed by atoms with Crippen LogP contribution in [0.2, 0.25) is 0 Å². The number of hydrogen-bond acceptors (Lipinski definition) is 8. The summed E-state index contributed by atoms with van der Waals surface area (Å²) < 4.78 is 11.4. The standard InChI is InChI=1S/C27H34N2O7/c1-24(2)9-8-17(31)25-11-36-27(34,22(33)19(24)25)26-16(25)7-5-13(21(26)32)18-20(26)29-23(28-18)12-4-6-14(30)15(10-12)35-3/h4,6,10,13,16-17,19,21-22,30-34H,5,7-9,11H2,1-3H3,(H,28,29)/t13-,16?,17-,19?,21+,22-,25+,26?,27-/m0/s1. The Morgan fingerprint density at radius 3 is 2.64 bits per heavy atom. The number of nitrogens with one attached hydrogen (secondary N) is 1. The van der Waals surface area contributed by atoms with Crippen molar-refractivity contribution in [2.75, 3.05) is 13.7 Å². The van der Waals surface area contributed by atoms with E-state index in [1.54, 1.807) is 12.1 Å². The highest BCUT2D eigenvalue weighted by Gasteiger charge is 2.85. The predicted octanol–water partition coefficient (Wildman–Crippen LogP) is 1.77. The minimum Gasteiger partial charge on any atom is -0.504 e. The van der Waals surface area contributed by atoms with Crippen LogP contribution in [0.1, 0.15) is 56.8 Å². The average Bonchev–Trinajstić information content (AvgIpc) is 3.32. The molecule has 8 rings (SSSR count). The number of rotatable bonds is 2. The first-order valence-electron chi connectivity index (χ1n) is 12.9. The number of methoxy groups -OCH3 is 1. The lowest BCUT2D eigenvalue weighted by molar-refractivity contribution is -0.449. The van der Waals surface area contributed by atoms with E-state index in [9.17, 15) is 25.5 Å². The Labute approximate surface area is 209 Å². The fraction of sp³-hybridized carbons (Fsp3) is 0.667. The van der Waals surface area contributed by atoms with E-state index in [4.69, 9.17) is 14.5 Å². The van der Waals surface area contributed by atoms with Crippen LogP contribution in [0.3, 0.4) is 0 Å². The van der Waals surface area contributed by atoms with Gasteiger partial charge in [0, 0.05) is 28.5 Å². The number of aliphatic hydroxyl groups is 4. The van der Waals surface area contributed by atoms with Gasteiger partial charge in [0.05, 0.1) is 31.6 Å². The first-order valence-corrected chi connectivity index (χ1v) is 12.9. The summed E-state index contributed by atoms with van der Waals surface area (Å²) in [6.07, 6.45) is -0.339. The molecule has 2 spiro atoms. The highest BCUT2D eigenvalue weighted by Crippen LogP contribution is 2.76. The molecule has 6 aliphatic rings. The van der Waals surface area contributed by atoms with Crippen LogP contribution in [0.4, 0.5) is 0 Å². The molecule has 36 heavy (non-hydrogen) atoms. The van der Waals surface area contributed by atoms with Gasteiger partial charge in [-0.25, -0.2) is 4.98 Å². The van der Waals surface area contributed by atoms with Gasteiger partial charge in [0.2, 0.25) is 5.79 Å². The zero-order valence-corrected chi connectivity index (χ0v) is 20.7. The molecule has 2 saturated heterocycles. The number of benzene rings is 1. The van der Waals surface area contributed by atoms with Crippen LogP contribution in [0.25, 0.3) is 11.4 Å². The number of hydrogen-bond donors (Lipinski definition) is 6. The molecule has 3 unspecified atom stereocenters. The fourth-order valence-corrected chi connectivity index (χ4v) is 9.35. The smallest absolute Gasteiger partial charge is 0.206 e. The number of aromatic hydroxyl groups is 1. The number of H-pyrrole nitrogens is 1. The third kappa shape index (κ3) is 2.25. The Bertz CT molecular complexity index is 1260. The highest BCUT2D eigenvalue weighted by atomic mass is 16.6. The monoisotopic (exact) mass is 498 g/mol. The molecular formula is C27H34N2O7. The summed E-state index contributed by atoms with van der Waals surface area (Å²) in [5, 5.41) is 57.6. The lowest BCUT2D eigenvalue weighted by atomic mass is 9.35. The Morgan fingerprint density at radius 1 is 1.11 bits per heavy atom. The Hall–Kier alpha value is -2.17.